The van der Waals surface area contributed by atoms with E-state index in [0.29, 0.717) is 24.1 Å². The minimum absolute atomic E-state index is 0.0465. The van der Waals surface area contributed by atoms with Crippen molar-refractivity contribution in [1.29, 1.82) is 0 Å². The van der Waals surface area contributed by atoms with Crippen LogP contribution in [0, 0.1) is 11.7 Å². The normalized spacial score (nSPS) is 11.9. The van der Waals surface area contributed by atoms with E-state index >= 15 is 0 Å². The van der Waals surface area contributed by atoms with Crippen molar-refractivity contribution in [3.63, 3.8) is 0 Å². The Morgan fingerprint density at radius 3 is 2.26 bits per heavy atom. The van der Waals surface area contributed by atoms with Crippen molar-refractivity contribution in [2.75, 3.05) is 13.7 Å². The maximum absolute atomic E-state index is 13.2. The van der Waals surface area contributed by atoms with E-state index in [-0.39, 0.29) is 23.7 Å². The van der Waals surface area contributed by atoms with Gasteiger partial charge in [-0.05, 0) is 55.2 Å². The van der Waals surface area contributed by atoms with Crippen LogP contribution < -0.4 is 0 Å². The summed E-state index contributed by atoms with van der Waals surface area (Å²) in [4.78, 5) is 26.7. The second-order valence-electron chi connectivity index (χ2n) is 6.81. The van der Waals surface area contributed by atoms with Gasteiger partial charge < -0.3 is 9.64 Å². The molecule has 0 spiro atoms. The highest BCUT2D eigenvalue weighted by atomic mass is 19.1. The average molecular weight is 371 g/mol. The molecule has 0 saturated carbocycles. The molecule has 144 valence electrons. The van der Waals surface area contributed by atoms with Crippen molar-refractivity contribution in [1.82, 2.24) is 4.90 Å². The SMILES string of the molecule is CCN(C(=O)c1cccc(C(=O)OC)c1)[C@@H](Cc1ccc(F)cc1)C(C)C. The second-order valence-corrected chi connectivity index (χ2v) is 6.81. The van der Waals surface area contributed by atoms with E-state index in [0.717, 1.165) is 5.56 Å². The van der Waals surface area contributed by atoms with Crippen LogP contribution in [-0.4, -0.2) is 36.5 Å². The summed E-state index contributed by atoms with van der Waals surface area (Å²) in [5.41, 5.74) is 1.77. The number of nitrogens with zero attached hydrogens (tertiary/aromatic N) is 1. The molecule has 5 heteroatoms. The Bertz CT molecular complexity index is 786. The zero-order valence-corrected chi connectivity index (χ0v) is 16.2. The first-order valence-corrected chi connectivity index (χ1v) is 9.11. The van der Waals surface area contributed by atoms with Crippen LogP contribution in [0.4, 0.5) is 4.39 Å². The molecule has 0 saturated heterocycles. The number of amides is 1. The molecule has 1 amide bonds. The van der Waals surface area contributed by atoms with Gasteiger partial charge in [-0.25, -0.2) is 9.18 Å². The Hall–Kier alpha value is -2.69. The van der Waals surface area contributed by atoms with Crippen LogP contribution in [-0.2, 0) is 11.2 Å². The molecule has 0 aliphatic rings. The average Bonchev–Trinajstić information content (AvgIpc) is 2.68. The molecule has 27 heavy (non-hydrogen) atoms. The molecule has 0 aliphatic carbocycles. The van der Waals surface area contributed by atoms with Crippen molar-refractivity contribution in [2.45, 2.75) is 33.2 Å². The van der Waals surface area contributed by atoms with E-state index < -0.39 is 5.97 Å². The highest BCUT2D eigenvalue weighted by Gasteiger charge is 2.26. The van der Waals surface area contributed by atoms with Gasteiger partial charge in [0.05, 0.1) is 12.7 Å². The van der Waals surface area contributed by atoms with E-state index in [9.17, 15) is 14.0 Å². The standard InChI is InChI=1S/C22H26FNO3/c1-5-24(20(15(2)3)13-16-9-11-19(23)12-10-16)21(25)17-7-6-8-18(14-17)22(26)27-4/h6-12,14-15,20H,5,13H2,1-4H3/t20-/m0/s1. The van der Waals surface area contributed by atoms with Gasteiger partial charge in [0.1, 0.15) is 5.82 Å². The van der Waals surface area contributed by atoms with E-state index in [1.54, 1.807) is 36.4 Å². The van der Waals surface area contributed by atoms with E-state index in [1.807, 2.05) is 11.8 Å². The molecule has 2 aromatic carbocycles. The molecule has 0 radical (unpaired) electrons. The summed E-state index contributed by atoms with van der Waals surface area (Å²) in [6.45, 7) is 6.59. The van der Waals surface area contributed by atoms with E-state index in [2.05, 4.69) is 13.8 Å². The number of esters is 1. The lowest BCUT2D eigenvalue weighted by atomic mass is 9.94. The number of hydrogen-bond acceptors (Lipinski definition) is 3. The van der Waals surface area contributed by atoms with Crippen LogP contribution >= 0.6 is 0 Å². The second kappa shape index (κ2) is 9.31. The molecule has 0 bridgehead atoms. The van der Waals surface area contributed by atoms with Gasteiger partial charge in [0, 0.05) is 18.2 Å². The predicted molar refractivity (Wildman–Crippen MR) is 103 cm³/mol. The van der Waals surface area contributed by atoms with Gasteiger partial charge in [-0.3, -0.25) is 4.79 Å². The summed E-state index contributed by atoms with van der Waals surface area (Å²) in [6, 6.07) is 12.9. The molecule has 0 N–H and O–H groups in total. The molecule has 2 aromatic rings. The van der Waals surface area contributed by atoms with Crippen molar-refractivity contribution < 1.29 is 18.7 Å². The van der Waals surface area contributed by atoms with Crippen molar-refractivity contribution in [3.05, 3.63) is 71.0 Å². The van der Waals surface area contributed by atoms with Gasteiger partial charge in [0.2, 0.25) is 0 Å². The first-order valence-electron chi connectivity index (χ1n) is 9.11. The minimum atomic E-state index is -0.473. The predicted octanol–water partition coefficient (Wildman–Crippen LogP) is 4.34. The van der Waals surface area contributed by atoms with Gasteiger partial charge in [-0.2, -0.15) is 0 Å². The summed E-state index contributed by atoms with van der Waals surface area (Å²) >= 11 is 0. The summed E-state index contributed by atoms with van der Waals surface area (Å²) in [6.07, 6.45) is 0.633. The van der Waals surface area contributed by atoms with E-state index in [4.69, 9.17) is 4.74 Å². The largest absolute Gasteiger partial charge is 0.465 e. The molecule has 4 nitrogen and oxygen atoms in total. The first kappa shape index (κ1) is 20.6. The monoisotopic (exact) mass is 371 g/mol. The zero-order valence-electron chi connectivity index (χ0n) is 16.2. The minimum Gasteiger partial charge on any atom is -0.465 e. The zero-order chi connectivity index (χ0) is 20.0. The summed E-state index contributed by atoms with van der Waals surface area (Å²) in [5.74, 6) is -0.672. The summed E-state index contributed by atoms with van der Waals surface area (Å²) in [7, 11) is 1.31. The first-order chi connectivity index (χ1) is 12.9. The van der Waals surface area contributed by atoms with Crippen LogP contribution in [0.15, 0.2) is 48.5 Å². The Morgan fingerprint density at radius 2 is 1.70 bits per heavy atom. The Labute approximate surface area is 159 Å². The Morgan fingerprint density at radius 1 is 1.07 bits per heavy atom. The fraction of sp³-hybridized carbons (Fsp3) is 0.364. The molecule has 2 rings (SSSR count). The van der Waals surface area contributed by atoms with Gasteiger partial charge >= 0.3 is 5.97 Å². The number of halogens is 1. The number of likely N-dealkylation sites (N-methyl/N-ethyl adjacent to an activating group) is 1. The van der Waals surface area contributed by atoms with Crippen LogP contribution in [0.5, 0.6) is 0 Å². The molecule has 0 unspecified atom stereocenters. The molecule has 1 atom stereocenters. The maximum Gasteiger partial charge on any atom is 0.337 e. The smallest absolute Gasteiger partial charge is 0.337 e. The van der Waals surface area contributed by atoms with Crippen LogP contribution in [0.1, 0.15) is 47.1 Å². The number of ether oxygens (including phenoxy) is 1. The lowest BCUT2D eigenvalue weighted by Gasteiger charge is -2.34. The molecule has 0 aliphatic heterocycles. The summed E-state index contributed by atoms with van der Waals surface area (Å²) < 4.78 is 17.9. The third kappa shape index (κ3) is 5.16. The highest BCUT2D eigenvalue weighted by molar-refractivity contribution is 5.98. The molecule has 0 fully saturated rings. The molecule has 0 aromatic heterocycles. The number of rotatable bonds is 7. The lowest BCUT2D eigenvalue weighted by molar-refractivity contribution is 0.0600. The fourth-order valence-electron chi connectivity index (χ4n) is 3.16. The number of benzene rings is 2. The topological polar surface area (TPSA) is 46.6 Å². The van der Waals surface area contributed by atoms with Crippen molar-refractivity contribution in [3.8, 4) is 0 Å². The highest BCUT2D eigenvalue weighted by Crippen LogP contribution is 2.20. The maximum atomic E-state index is 13.2. The quantitative estimate of drug-likeness (QED) is 0.680. The molecular formula is C22H26FNO3. The van der Waals surface area contributed by atoms with E-state index in [1.165, 1.54) is 19.2 Å². The third-order valence-corrected chi connectivity index (χ3v) is 4.66. The van der Waals surface area contributed by atoms with Gasteiger partial charge in [-0.15, -0.1) is 0 Å². The fourth-order valence-corrected chi connectivity index (χ4v) is 3.16. The van der Waals surface area contributed by atoms with Crippen LogP contribution in [0.25, 0.3) is 0 Å². The van der Waals surface area contributed by atoms with Gasteiger partial charge in [0.25, 0.3) is 5.91 Å². The van der Waals surface area contributed by atoms with Crippen molar-refractivity contribution in [2.24, 2.45) is 5.92 Å². The molecular weight excluding hydrogens is 345 g/mol. The number of hydrogen-bond donors (Lipinski definition) is 0. The Kier molecular flexibility index (Phi) is 7.11. The van der Waals surface area contributed by atoms with Gasteiger partial charge in [-0.1, -0.05) is 32.0 Å². The third-order valence-electron chi connectivity index (χ3n) is 4.66. The lowest BCUT2D eigenvalue weighted by Crippen LogP contribution is -2.44. The van der Waals surface area contributed by atoms with Gasteiger partial charge in [0.15, 0.2) is 0 Å². The number of carbonyl (C=O) groups is 2. The molecule has 0 heterocycles. The number of carbonyl (C=O) groups excluding carboxylic acids is 2. The Balaban J connectivity index is 2.29. The summed E-state index contributed by atoms with van der Waals surface area (Å²) in [5, 5.41) is 0. The van der Waals surface area contributed by atoms with Crippen LogP contribution in [0.3, 0.4) is 0 Å². The van der Waals surface area contributed by atoms with Crippen molar-refractivity contribution >= 4 is 11.9 Å². The van der Waals surface area contributed by atoms with Crippen LogP contribution in [0.2, 0.25) is 0 Å². The number of methoxy groups -OCH3 is 1.